The molecule has 1 fully saturated rings. The van der Waals surface area contributed by atoms with E-state index in [1.54, 1.807) is 54.6 Å². The zero-order chi connectivity index (χ0) is 22.5. The molecule has 2 aromatic carbocycles. The fraction of sp³-hybridized carbons (Fsp3) is 0.125. The first-order chi connectivity index (χ1) is 15.5. The number of ether oxygens (including phenoxy) is 2. The summed E-state index contributed by atoms with van der Waals surface area (Å²) < 4.78 is 10.7. The molecule has 0 radical (unpaired) electrons. The number of likely N-dealkylation sites (tertiary alicyclic amines) is 1. The Morgan fingerprint density at radius 3 is 1.62 bits per heavy atom. The Balaban J connectivity index is 1.60. The summed E-state index contributed by atoms with van der Waals surface area (Å²) in [6, 6.07) is 21.1. The summed E-state index contributed by atoms with van der Waals surface area (Å²) in [5, 5.41) is 0. The second-order valence-electron chi connectivity index (χ2n) is 6.97. The van der Waals surface area contributed by atoms with Crippen molar-refractivity contribution in [3.05, 3.63) is 102 Å². The van der Waals surface area contributed by atoms with Crippen molar-refractivity contribution in [1.82, 2.24) is 9.88 Å². The number of benzene rings is 2. The van der Waals surface area contributed by atoms with Crippen molar-refractivity contribution in [2.75, 3.05) is 0 Å². The van der Waals surface area contributed by atoms with E-state index < -0.39 is 36.0 Å². The molecule has 3 aromatic rings. The quantitative estimate of drug-likeness (QED) is 0.437. The Labute approximate surface area is 183 Å². The second-order valence-corrected chi connectivity index (χ2v) is 6.97. The minimum Gasteiger partial charge on any atom is -0.444 e. The highest BCUT2D eigenvalue weighted by molar-refractivity contribution is 6.10. The van der Waals surface area contributed by atoms with Crippen molar-refractivity contribution in [2.45, 2.75) is 18.8 Å². The van der Waals surface area contributed by atoms with Gasteiger partial charge in [0.05, 0.1) is 23.4 Å². The fourth-order valence-electron chi connectivity index (χ4n) is 3.22. The minimum atomic E-state index is -1.61. The van der Waals surface area contributed by atoms with Gasteiger partial charge in [-0.15, -0.1) is 0 Å². The smallest absolute Gasteiger partial charge is 0.339 e. The van der Waals surface area contributed by atoms with Crippen molar-refractivity contribution >= 4 is 23.8 Å². The van der Waals surface area contributed by atoms with Gasteiger partial charge in [0.15, 0.2) is 0 Å². The summed E-state index contributed by atoms with van der Waals surface area (Å²) in [5.41, 5.74) is 0.852. The zero-order valence-electron chi connectivity index (χ0n) is 16.8. The molecule has 32 heavy (non-hydrogen) atoms. The molecule has 4 rings (SSSR count). The lowest BCUT2D eigenvalue weighted by atomic mass is 10.2. The highest BCUT2D eigenvalue weighted by atomic mass is 16.6. The minimum absolute atomic E-state index is 0.142. The number of carbonyl (C=O) groups excluding carboxylic acids is 4. The van der Waals surface area contributed by atoms with E-state index in [-0.39, 0.29) is 17.7 Å². The van der Waals surface area contributed by atoms with Gasteiger partial charge in [-0.3, -0.25) is 19.5 Å². The Bertz CT molecular complexity index is 1060. The summed E-state index contributed by atoms with van der Waals surface area (Å²) >= 11 is 0. The van der Waals surface area contributed by atoms with Gasteiger partial charge in [0, 0.05) is 6.20 Å². The first-order valence-corrected chi connectivity index (χ1v) is 9.82. The molecule has 1 aromatic heterocycles. The van der Waals surface area contributed by atoms with Gasteiger partial charge in [0.2, 0.25) is 12.2 Å². The van der Waals surface area contributed by atoms with Crippen molar-refractivity contribution < 1.29 is 28.7 Å². The van der Waals surface area contributed by atoms with Gasteiger partial charge in [-0.05, 0) is 36.4 Å². The number of hydrogen-bond donors (Lipinski definition) is 0. The first-order valence-electron chi connectivity index (χ1n) is 9.82. The van der Waals surface area contributed by atoms with Crippen LogP contribution < -0.4 is 0 Å². The van der Waals surface area contributed by atoms with Crippen molar-refractivity contribution in [2.24, 2.45) is 0 Å². The van der Waals surface area contributed by atoms with Crippen molar-refractivity contribution in [3.63, 3.8) is 0 Å². The molecule has 1 aliphatic heterocycles. The molecule has 8 heteroatoms. The molecule has 0 saturated carbocycles. The fourth-order valence-corrected chi connectivity index (χ4v) is 3.22. The molecule has 2 amide bonds. The average Bonchev–Trinajstić information content (AvgIpc) is 3.05. The van der Waals surface area contributed by atoms with Crippen LogP contribution in [0.1, 0.15) is 26.4 Å². The van der Waals surface area contributed by atoms with Crippen LogP contribution in [0.2, 0.25) is 0 Å². The van der Waals surface area contributed by atoms with Crippen molar-refractivity contribution in [1.29, 1.82) is 0 Å². The van der Waals surface area contributed by atoms with E-state index in [9.17, 15) is 19.2 Å². The number of amides is 2. The van der Waals surface area contributed by atoms with Gasteiger partial charge in [-0.2, -0.15) is 0 Å². The van der Waals surface area contributed by atoms with Crippen LogP contribution in [0.5, 0.6) is 0 Å². The lowest BCUT2D eigenvalue weighted by Gasteiger charge is -2.16. The summed E-state index contributed by atoms with van der Waals surface area (Å²) in [7, 11) is 0. The van der Waals surface area contributed by atoms with Crippen LogP contribution in [-0.4, -0.2) is 45.8 Å². The van der Waals surface area contributed by atoms with E-state index in [1.807, 2.05) is 0 Å². The van der Waals surface area contributed by atoms with E-state index in [2.05, 4.69) is 4.98 Å². The maximum atomic E-state index is 13.0. The number of rotatable bonds is 6. The molecule has 0 N–H and O–H groups in total. The molecule has 8 nitrogen and oxygen atoms in total. The molecule has 0 unspecified atom stereocenters. The Kier molecular flexibility index (Phi) is 6.03. The zero-order valence-corrected chi connectivity index (χ0v) is 16.8. The first kappa shape index (κ1) is 20.9. The predicted octanol–water partition coefficient (Wildman–Crippen LogP) is 2.40. The molecular formula is C24H18N2O6. The lowest BCUT2D eigenvalue weighted by Crippen LogP contribution is -2.37. The molecule has 0 bridgehead atoms. The Morgan fingerprint density at radius 1 is 0.719 bits per heavy atom. The van der Waals surface area contributed by atoms with Gasteiger partial charge in [-0.25, -0.2) is 9.59 Å². The normalized spacial score (nSPS) is 17.8. The maximum Gasteiger partial charge on any atom is 0.339 e. The highest BCUT2D eigenvalue weighted by Gasteiger charge is 2.53. The van der Waals surface area contributed by atoms with Crippen LogP contribution in [0.15, 0.2) is 85.1 Å². The van der Waals surface area contributed by atoms with Crippen molar-refractivity contribution in [3.8, 4) is 0 Å². The second kappa shape index (κ2) is 9.22. The van der Waals surface area contributed by atoms with Crippen LogP contribution in [0.4, 0.5) is 0 Å². The molecular weight excluding hydrogens is 412 g/mol. The van der Waals surface area contributed by atoms with Crippen LogP contribution in [0.3, 0.4) is 0 Å². The predicted molar refractivity (Wildman–Crippen MR) is 111 cm³/mol. The van der Waals surface area contributed by atoms with E-state index in [0.29, 0.717) is 5.69 Å². The molecule has 2 atom stereocenters. The van der Waals surface area contributed by atoms with E-state index in [4.69, 9.17) is 9.47 Å². The van der Waals surface area contributed by atoms with E-state index in [0.717, 1.165) is 4.90 Å². The summed E-state index contributed by atoms with van der Waals surface area (Å²) in [5.74, 6) is -3.18. The number of hydrogen-bond acceptors (Lipinski definition) is 7. The molecule has 1 saturated heterocycles. The van der Waals surface area contributed by atoms with Gasteiger partial charge in [-0.1, -0.05) is 42.5 Å². The van der Waals surface area contributed by atoms with Crippen LogP contribution in [-0.2, 0) is 25.6 Å². The third-order valence-corrected chi connectivity index (χ3v) is 4.83. The third kappa shape index (κ3) is 4.39. The van der Waals surface area contributed by atoms with Crippen LogP contribution in [0, 0.1) is 0 Å². The number of imide groups is 1. The average molecular weight is 430 g/mol. The highest BCUT2D eigenvalue weighted by Crippen LogP contribution is 2.24. The monoisotopic (exact) mass is 430 g/mol. The van der Waals surface area contributed by atoms with Crippen LogP contribution in [0.25, 0.3) is 0 Å². The van der Waals surface area contributed by atoms with Gasteiger partial charge >= 0.3 is 11.9 Å². The third-order valence-electron chi connectivity index (χ3n) is 4.83. The largest absolute Gasteiger partial charge is 0.444 e. The lowest BCUT2D eigenvalue weighted by molar-refractivity contribution is -0.142. The Hall–Kier alpha value is -4.33. The number of pyridine rings is 1. The molecule has 2 heterocycles. The van der Waals surface area contributed by atoms with Gasteiger partial charge < -0.3 is 9.47 Å². The van der Waals surface area contributed by atoms with Gasteiger partial charge in [0.25, 0.3) is 11.8 Å². The SMILES string of the molecule is O=C(O[C@@H]1C(=O)N(Cc2ccccn2)C(=O)[C@H]1OC(=O)c1ccccc1)c1ccccc1. The summed E-state index contributed by atoms with van der Waals surface area (Å²) in [4.78, 5) is 56.2. The molecule has 0 aliphatic carbocycles. The number of aromatic nitrogens is 1. The number of esters is 2. The number of nitrogens with zero attached hydrogens (tertiary/aromatic N) is 2. The standard InChI is InChI=1S/C24H18N2O6/c27-21-19(31-23(29)16-9-3-1-4-10-16)20(32-24(30)17-11-5-2-6-12-17)22(28)26(21)15-18-13-7-8-14-25-18/h1-14,19-20H,15H2/t19-,20-/m0/s1. The molecule has 1 aliphatic rings. The van der Waals surface area contributed by atoms with E-state index in [1.165, 1.54) is 30.5 Å². The van der Waals surface area contributed by atoms with E-state index >= 15 is 0 Å². The Morgan fingerprint density at radius 2 is 1.19 bits per heavy atom. The van der Waals surface area contributed by atoms with Gasteiger partial charge in [0.1, 0.15) is 0 Å². The molecule has 0 spiro atoms. The topological polar surface area (TPSA) is 103 Å². The summed E-state index contributed by atoms with van der Waals surface area (Å²) in [6.07, 6.45) is -1.68. The van der Waals surface area contributed by atoms with Crippen LogP contribution >= 0.6 is 0 Å². The summed E-state index contributed by atoms with van der Waals surface area (Å²) in [6.45, 7) is -0.142. The maximum absolute atomic E-state index is 13.0. The number of carbonyl (C=O) groups is 4. The molecule has 160 valence electrons.